The summed E-state index contributed by atoms with van der Waals surface area (Å²) in [4.78, 5) is 4.22. The van der Waals surface area contributed by atoms with E-state index in [-0.39, 0.29) is 12.4 Å². The van der Waals surface area contributed by atoms with E-state index in [1.807, 2.05) is 24.3 Å². The number of aryl methyl sites for hydroxylation is 1. The van der Waals surface area contributed by atoms with Crippen molar-refractivity contribution in [1.29, 1.82) is 0 Å². The summed E-state index contributed by atoms with van der Waals surface area (Å²) >= 11 is 0. The predicted molar refractivity (Wildman–Crippen MR) is 78.2 cm³/mol. The van der Waals surface area contributed by atoms with Gasteiger partial charge in [-0.05, 0) is 29.3 Å². The number of benzene rings is 2. The van der Waals surface area contributed by atoms with E-state index in [2.05, 4.69) is 17.1 Å². The molecule has 0 saturated carbocycles. The van der Waals surface area contributed by atoms with Crippen molar-refractivity contribution in [3.05, 3.63) is 48.1 Å². The lowest BCUT2D eigenvalue weighted by Crippen LogP contribution is -1.96. The quantitative estimate of drug-likeness (QED) is 0.777. The van der Waals surface area contributed by atoms with E-state index in [0.717, 1.165) is 23.6 Å². The first-order valence-electron chi connectivity index (χ1n) is 6.92. The lowest BCUT2D eigenvalue weighted by Gasteiger charge is -2.07. The van der Waals surface area contributed by atoms with Gasteiger partial charge in [-0.3, -0.25) is 0 Å². The molecule has 1 heterocycles. The summed E-state index contributed by atoms with van der Waals surface area (Å²) in [6.45, 7) is 2.20. The second-order valence-corrected chi connectivity index (χ2v) is 4.81. The van der Waals surface area contributed by atoms with Gasteiger partial charge in [0.1, 0.15) is 0 Å². The van der Waals surface area contributed by atoms with E-state index < -0.39 is 0 Å². The minimum absolute atomic E-state index is 0.0991. The number of rotatable bonds is 5. The first-order valence-corrected chi connectivity index (χ1v) is 6.92. The first-order chi connectivity index (χ1) is 10.3. The SMILES string of the molecule is CCCc1noc(COc2cc3ccccc3cc2O)n1. The highest BCUT2D eigenvalue weighted by molar-refractivity contribution is 5.85. The largest absolute Gasteiger partial charge is 0.504 e. The lowest BCUT2D eigenvalue weighted by atomic mass is 10.1. The normalized spacial score (nSPS) is 10.9. The second-order valence-electron chi connectivity index (χ2n) is 4.81. The topological polar surface area (TPSA) is 68.4 Å². The molecule has 0 aliphatic heterocycles. The Bertz CT molecular complexity index is 752. The van der Waals surface area contributed by atoms with Crippen molar-refractivity contribution in [1.82, 2.24) is 10.1 Å². The van der Waals surface area contributed by atoms with E-state index in [1.54, 1.807) is 12.1 Å². The monoisotopic (exact) mass is 284 g/mol. The fourth-order valence-corrected chi connectivity index (χ4v) is 2.14. The fourth-order valence-electron chi connectivity index (χ4n) is 2.14. The molecule has 21 heavy (non-hydrogen) atoms. The van der Waals surface area contributed by atoms with Crippen molar-refractivity contribution < 1.29 is 14.4 Å². The van der Waals surface area contributed by atoms with Crippen LogP contribution in [0.25, 0.3) is 10.8 Å². The molecule has 0 bridgehead atoms. The number of nitrogens with zero attached hydrogens (tertiary/aromatic N) is 2. The van der Waals surface area contributed by atoms with E-state index in [1.165, 1.54) is 0 Å². The molecule has 3 aromatic rings. The number of hydrogen-bond donors (Lipinski definition) is 1. The van der Waals surface area contributed by atoms with Gasteiger partial charge < -0.3 is 14.4 Å². The Hall–Kier alpha value is -2.56. The molecule has 0 unspecified atom stereocenters. The molecule has 108 valence electrons. The Morgan fingerprint density at radius 1 is 1.19 bits per heavy atom. The maximum Gasteiger partial charge on any atom is 0.264 e. The Balaban J connectivity index is 1.76. The van der Waals surface area contributed by atoms with Gasteiger partial charge in [-0.2, -0.15) is 4.98 Å². The number of fused-ring (bicyclic) bond motifs is 1. The summed E-state index contributed by atoms with van der Waals surface area (Å²) in [6.07, 6.45) is 1.75. The van der Waals surface area contributed by atoms with E-state index in [4.69, 9.17) is 9.26 Å². The molecule has 0 spiro atoms. The van der Waals surface area contributed by atoms with Crippen molar-refractivity contribution in [2.45, 2.75) is 26.4 Å². The van der Waals surface area contributed by atoms with Crippen molar-refractivity contribution in [2.24, 2.45) is 0 Å². The van der Waals surface area contributed by atoms with Crippen LogP contribution in [0, 0.1) is 0 Å². The smallest absolute Gasteiger partial charge is 0.264 e. The van der Waals surface area contributed by atoms with Crippen molar-refractivity contribution in [3.8, 4) is 11.5 Å². The van der Waals surface area contributed by atoms with Crippen LogP contribution >= 0.6 is 0 Å². The number of hydrogen-bond acceptors (Lipinski definition) is 5. The molecule has 0 saturated heterocycles. The zero-order chi connectivity index (χ0) is 14.7. The fraction of sp³-hybridized carbons (Fsp3) is 0.250. The van der Waals surface area contributed by atoms with Crippen LogP contribution in [0.4, 0.5) is 0 Å². The van der Waals surface area contributed by atoms with Crippen LogP contribution in [0.3, 0.4) is 0 Å². The van der Waals surface area contributed by atoms with Crippen molar-refractivity contribution in [2.75, 3.05) is 0 Å². The molecule has 3 rings (SSSR count). The standard InChI is InChI=1S/C16H16N2O3/c1-2-5-15-17-16(21-18-15)10-20-14-9-12-7-4-3-6-11(12)8-13(14)19/h3-4,6-9,19H,2,5,10H2,1H3. The van der Waals surface area contributed by atoms with Crippen LogP contribution in [0.1, 0.15) is 25.1 Å². The third-order valence-corrected chi connectivity index (χ3v) is 3.16. The third-order valence-electron chi connectivity index (χ3n) is 3.16. The molecule has 0 fully saturated rings. The summed E-state index contributed by atoms with van der Waals surface area (Å²) in [7, 11) is 0. The third kappa shape index (κ3) is 2.97. The van der Waals surface area contributed by atoms with Crippen LogP contribution in [-0.2, 0) is 13.0 Å². The minimum Gasteiger partial charge on any atom is -0.504 e. The van der Waals surface area contributed by atoms with Gasteiger partial charge in [0, 0.05) is 6.42 Å². The number of aromatic nitrogens is 2. The van der Waals surface area contributed by atoms with Crippen LogP contribution in [-0.4, -0.2) is 15.2 Å². The number of phenolic OH excluding ortho intramolecular Hbond substituents is 1. The molecule has 1 aromatic heterocycles. The average molecular weight is 284 g/mol. The van der Waals surface area contributed by atoms with Crippen molar-refractivity contribution in [3.63, 3.8) is 0 Å². The average Bonchev–Trinajstić information content (AvgIpc) is 2.93. The summed E-state index contributed by atoms with van der Waals surface area (Å²) in [5.74, 6) is 1.59. The highest BCUT2D eigenvalue weighted by atomic mass is 16.5. The van der Waals surface area contributed by atoms with Gasteiger partial charge in [-0.15, -0.1) is 0 Å². The Morgan fingerprint density at radius 2 is 1.95 bits per heavy atom. The van der Waals surface area contributed by atoms with Gasteiger partial charge in [0.2, 0.25) is 0 Å². The van der Waals surface area contributed by atoms with Crippen LogP contribution < -0.4 is 4.74 Å². The van der Waals surface area contributed by atoms with E-state index in [0.29, 0.717) is 17.5 Å². The predicted octanol–water partition coefficient (Wildman–Crippen LogP) is 3.46. The molecule has 1 N–H and O–H groups in total. The summed E-state index contributed by atoms with van der Waals surface area (Å²) in [5, 5.41) is 15.8. The number of aromatic hydroxyl groups is 1. The Morgan fingerprint density at radius 3 is 2.71 bits per heavy atom. The van der Waals surface area contributed by atoms with Gasteiger partial charge in [0.25, 0.3) is 5.89 Å². The van der Waals surface area contributed by atoms with Gasteiger partial charge in [0.15, 0.2) is 23.9 Å². The Labute approximate surface area is 122 Å². The molecule has 0 aliphatic carbocycles. The first kappa shape index (κ1) is 13.4. The molecule has 5 nitrogen and oxygen atoms in total. The summed E-state index contributed by atoms with van der Waals surface area (Å²) < 4.78 is 10.7. The number of phenols is 1. The molecule has 0 radical (unpaired) electrons. The van der Waals surface area contributed by atoms with E-state index >= 15 is 0 Å². The zero-order valence-corrected chi connectivity index (χ0v) is 11.7. The molecular formula is C16H16N2O3. The highest BCUT2D eigenvalue weighted by Gasteiger charge is 2.09. The van der Waals surface area contributed by atoms with Crippen molar-refractivity contribution >= 4 is 10.8 Å². The van der Waals surface area contributed by atoms with Gasteiger partial charge in [-0.1, -0.05) is 36.3 Å². The number of ether oxygens (including phenoxy) is 1. The molecule has 0 atom stereocenters. The maximum atomic E-state index is 9.98. The molecule has 0 aliphatic rings. The lowest BCUT2D eigenvalue weighted by molar-refractivity contribution is 0.235. The molecule has 5 heteroatoms. The van der Waals surface area contributed by atoms with Crippen LogP contribution in [0.2, 0.25) is 0 Å². The highest BCUT2D eigenvalue weighted by Crippen LogP contribution is 2.31. The summed E-state index contributed by atoms with van der Waals surface area (Å²) in [5.41, 5.74) is 0. The summed E-state index contributed by atoms with van der Waals surface area (Å²) in [6, 6.07) is 11.3. The van der Waals surface area contributed by atoms with E-state index in [9.17, 15) is 5.11 Å². The zero-order valence-electron chi connectivity index (χ0n) is 11.7. The second kappa shape index (κ2) is 5.83. The van der Waals surface area contributed by atoms with Crippen LogP contribution in [0.15, 0.2) is 40.9 Å². The molecular weight excluding hydrogens is 268 g/mol. The van der Waals surface area contributed by atoms with Gasteiger partial charge in [-0.25, -0.2) is 0 Å². The Kier molecular flexibility index (Phi) is 3.73. The molecule has 0 amide bonds. The van der Waals surface area contributed by atoms with Gasteiger partial charge >= 0.3 is 0 Å². The van der Waals surface area contributed by atoms with Crippen LogP contribution in [0.5, 0.6) is 11.5 Å². The van der Waals surface area contributed by atoms with Gasteiger partial charge in [0.05, 0.1) is 0 Å². The maximum absolute atomic E-state index is 9.98. The minimum atomic E-state index is 0.0991. The molecule has 2 aromatic carbocycles.